The van der Waals surface area contributed by atoms with E-state index in [1.165, 1.54) is 11.8 Å². The first-order chi connectivity index (χ1) is 12.8. The van der Waals surface area contributed by atoms with E-state index in [2.05, 4.69) is 34.3 Å². The Morgan fingerprint density at radius 2 is 1.58 bits per heavy atom. The highest BCUT2D eigenvalue weighted by Crippen LogP contribution is 2.24. The van der Waals surface area contributed by atoms with Gasteiger partial charge in [0, 0.05) is 38.3 Å². The number of rotatable bonds is 4. The standard InChI is InChI=1S/C21H21N3O2/c25-21(19-15-22-26-20(19)18-9-5-2-6-10-18)24-13-11-23(12-14-24)16-17-7-3-1-4-8-17/h1-10,15H,11-14,16H2. The third-order valence-electron chi connectivity index (χ3n) is 4.75. The average Bonchev–Trinajstić information content (AvgIpc) is 3.19. The van der Waals surface area contributed by atoms with Crippen molar-refractivity contribution in [2.75, 3.05) is 26.2 Å². The number of amides is 1. The van der Waals surface area contributed by atoms with E-state index in [0.29, 0.717) is 24.4 Å². The lowest BCUT2D eigenvalue weighted by atomic mass is 10.1. The molecule has 4 rings (SSSR count). The van der Waals surface area contributed by atoms with Gasteiger partial charge in [-0.3, -0.25) is 9.69 Å². The lowest BCUT2D eigenvalue weighted by Gasteiger charge is -2.34. The van der Waals surface area contributed by atoms with Gasteiger partial charge in [-0.15, -0.1) is 0 Å². The van der Waals surface area contributed by atoms with Crippen LogP contribution in [-0.2, 0) is 6.54 Å². The Kier molecular flexibility index (Phi) is 4.80. The summed E-state index contributed by atoms with van der Waals surface area (Å²) in [5, 5.41) is 3.85. The second-order valence-electron chi connectivity index (χ2n) is 6.49. The third kappa shape index (κ3) is 3.53. The van der Waals surface area contributed by atoms with Gasteiger partial charge in [0.25, 0.3) is 5.91 Å². The van der Waals surface area contributed by atoms with Gasteiger partial charge < -0.3 is 9.42 Å². The van der Waals surface area contributed by atoms with Crippen LogP contribution in [0.5, 0.6) is 0 Å². The molecule has 1 saturated heterocycles. The molecule has 5 nitrogen and oxygen atoms in total. The van der Waals surface area contributed by atoms with Crippen LogP contribution in [0.25, 0.3) is 11.3 Å². The highest BCUT2D eigenvalue weighted by Gasteiger charge is 2.26. The Hall–Kier alpha value is -2.92. The molecule has 1 fully saturated rings. The van der Waals surface area contributed by atoms with Crippen molar-refractivity contribution in [2.45, 2.75) is 6.54 Å². The number of nitrogens with zero attached hydrogens (tertiary/aromatic N) is 3. The fourth-order valence-electron chi connectivity index (χ4n) is 3.31. The molecule has 26 heavy (non-hydrogen) atoms. The summed E-state index contributed by atoms with van der Waals surface area (Å²) in [5.41, 5.74) is 2.71. The number of aromatic nitrogens is 1. The first-order valence-corrected chi connectivity index (χ1v) is 8.87. The van der Waals surface area contributed by atoms with Crippen molar-refractivity contribution >= 4 is 5.91 Å². The molecule has 1 aromatic heterocycles. The second kappa shape index (κ2) is 7.54. The number of hydrogen-bond acceptors (Lipinski definition) is 4. The van der Waals surface area contributed by atoms with Crippen LogP contribution in [0.15, 0.2) is 71.4 Å². The third-order valence-corrected chi connectivity index (χ3v) is 4.75. The van der Waals surface area contributed by atoms with Crippen LogP contribution in [0.2, 0.25) is 0 Å². The van der Waals surface area contributed by atoms with Crippen molar-refractivity contribution in [1.82, 2.24) is 15.0 Å². The zero-order valence-corrected chi connectivity index (χ0v) is 14.5. The fraction of sp³-hybridized carbons (Fsp3) is 0.238. The average molecular weight is 347 g/mol. The van der Waals surface area contributed by atoms with Crippen molar-refractivity contribution < 1.29 is 9.32 Å². The maximum Gasteiger partial charge on any atom is 0.259 e. The lowest BCUT2D eigenvalue weighted by molar-refractivity contribution is 0.0629. The summed E-state index contributed by atoms with van der Waals surface area (Å²) >= 11 is 0. The van der Waals surface area contributed by atoms with Gasteiger partial charge in [0.15, 0.2) is 5.76 Å². The summed E-state index contributed by atoms with van der Waals surface area (Å²) in [4.78, 5) is 17.2. The van der Waals surface area contributed by atoms with Crippen LogP contribution in [-0.4, -0.2) is 47.0 Å². The molecule has 0 atom stereocenters. The molecular formula is C21H21N3O2. The molecule has 0 spiro atoms. The van der Waals surface area contributed by atoms with Crippen molar-refractivity contribution in [3.8, 4) is 11.3 Å². The van der Waals surface area contributed by atoms with E-state index in [-0.39, 0.29) is 5.91 Å². The normalized spacial score (nSPS) is 15.2. The van der Waals surface area contributed by atoms with Gasteiger partial charge in [-0.25, -0.2) is 0 Å². The van der Waals surface area contributed by atoms with Gasteiger partial charge >= 0.3 is 0 Å². The lowest BCUT2D eigenvalue weighted by Crippen LogP contribution is -2.48. The number of benzene rings is 2. The van der Waals surface area contributed by atoms with Crippen LogP contribution >= 0.6 is 0 Å². The Morgan fingerprint density at radius 1 is 0.923 bits per heavy atom. The monoisotopic (exact) mass is 347 g/mol. The Balaban J connectivity index is 1.41. The van der Waals surface area contributed by atoms with E-state index in [1.54, 1.807) is 0 Å². The zero-order chi connectivity index (χ0) is 17.8. The van der Waals surface area contributed by atoms with Crippen molar-refractivity contribution in [2.24, 2.45) is 0 Å². The second-order valence-corrected chi connectivity index (χ2v) is 6.49. The summed E-state index contributed by atoms with van der Waals surface area (Å²) in [6.07, 6.45) is 1.53. The summed E-state index contributed by atoms with van der Waals surface area (Å²) < 4.78 is 5.35. The topological polar surface area (TPSA) is 49.6 Å². The minimum absolute atomic E-state index is 0.00976. The van der Waals surface area contributed by atoms with Gasteiger partial charge in [-0.1, -0.05) is 65.8 Å². The summed E-state index contributed by atoms with van der Waals surface area (Å²) in [6.45, 7) is 4.08. The maximum atomic E-state index is 12.9. The molecule has 3 aromatic rings. The summed E-state index contributed by atoms with van der Waals surface area (Å²) in [7, 11) is 0. The quantitative estimate of drug-likeness (QED) is 0.727. The minimum atomic E-state index is -0.00976. The van der Waals surface area contributed by atoms with Crippen LogP contribution < -0.4 is 0 Å². The minimum Gasteiger partial charge on any atom is -0.355 e. The molecule has 1 aliphatic rings. The number of hydrogen-bond donors (Lipinski definition) is 0. The van der Waals surface area contributed by atoms with Crippen molar-refractivity contribution in [3.63, 3.8) is 0 Å². The zero-order valence-electron chi connectivity index (χ0n) is 14.5. The molecule has 0 saturated carbocycles. The first kappa shape index (κ1) is 16.5. The first-order valence-electron chi connectivity index (χ1n) is 8.87. The Morgan fingerprint density at radius 3 is 2.27 bits per heavy atom. The molecule has 1 aliphatic heterocycles. The van der Waals surface area contributed by atoms with Crippen LogP contribution in [0, 0.1) is 0 Å². The molecule has 2 aromatic carbocycles. The number of piperazine rings is 1. The van der Waals surface area contributed by atoms with Crippen LogP contribution in [0.3, 0.4) is 0 Å². The molecule has 1 amide bonds. The van der Waals surface area contributed by atoms with Crippen molar-refractivity contribution in [3.05, 3.63) is 78.0 Å². The van der Waals surface area contributed by atoms with Gasteiger partial charge in [0.1, 0.15) is 5.56 Å². The van der Waals surface area contributed by atoms with E-state index in [4.69, 9.17) is 4.52 Å². The predicted octanol–water partition coefficient (Wildman–Crippen LogP) is 3.30. The van der Waals surface area contributed by atoms with E-state index in [0.717, 1.165) is 25.2 Å². The van der Waals surface area contributed by atoms with Crippen LogP contribution in [0.1, 0.15) is 15.9 Å². The molecule has 2 heterocycles. The molecule has 0 radical (unpaired) electrons. The predicted molar refractivity (Wildman–Crippen MR) is 99.6 cm³/mol. The molecule has 0 aliphatic carbocycles. The summed E-state index contributed by atoms with van der Waals surface area (Å²) in [5.74, 6) is 0.534. The maximum absolute atomic E-state index is 12.9. The van der Waals surface area contributed by atoms with E-state index in [1.807, 2.05) is 41.3 Å². The molecule has 0 unspecified atom stereocenters. The number of carbonyl (C=O) groups is 1. The van der Waals surface area contributed by atoms with Gasteiger partial charge in [0.2, 0.25) is 0 Å². The van der Waals surface area contributed by atoms with Crippen molar-refractivity contribution in [1.29, 1.82) is 0 Å². The number of carbonyl (C=O) groups excluding carboxylic acids is 1. The van der Waals surface area contributed by atoms with Gasteiger partial charge in [-0.2, -0.15) is 0 Å². The highest BCUT2D eigenvalue weighted by atomic mass is 16.5. The van der Waals surface area contributed by atoms with Crippen LogP contribution in [0.4, 0.5) is 0 Å². The summed E-state index contributed by atoms with van der Waals surface area (Å²) in [6, 6.07) is 20.1. The molecule has 132 valence electrons. The molecule has 0 N–H and O–H groups in total. The molecular weight excluding hydrogens is 326 g/mol. The van der Waals surface area contributed by atoms with Gasteiger partial charge in [0.05, 0.1) is 6.20 Å². The smallest absolute Gasteiger partial charge is 0.259 e. The Labute approximate surface area is 152 Å². The molecule has 5 heteroatoms. The van der Waals surface area contributed by atoms with E-state index < -0.39 is 0 Å². The fourth-order valence-corrected chi connectivity index (χ4v) is 3.31. The molecule has 0 bridgehead atoms. The van der Waals surface area contributed by atoms with Gasteiger partial charge in [-0.05, 0) is 5.56 Å². The van der Waals surface area contributed by atoms with E-state index in [9.17, 15) is 4.79 Å². The largest absolute Gasteiger partial charge is 0.355 e. The van der Waals surface area contributed by atoms with E-state index >= 15 is 0 Å². The SMILES string of the molecule is O=C(c1cnoc1-c1ccccc1)N1CCN(Cc2ccccc2)CC1. The Bertz CT molecular complexity index is 853. The highest BCUT2D eigenvalue weighted by molar-refractivity contribution is 5.99.